The van der Waals surface area contributed by atoms with Crippen LogP contribution in [0.4, 0.5) is 0 Å². The number of hydrogen-bond donors (Lipinski definition) is 0. The molecule has 0 aliphatic rings. The molecule has 3 heteroatoms. The summed E-state index contributed by atoms with van der Waals surface area (Å²) in [5.74, 6) is 0. The van der Waals surface area contributed by atoms with Crippen molar-refractivity contribution in [1.29, 1.82) is 0 Å². The highest BCUT2D eigenvalue weighted by atomic mass is 79.9. The van der Waals surface area contributed by atoms with E-state index in [-0.39, 0.29) is 4.83 Å². The molecular formula is C18H13BrCl2. The van der Waals surface area contributed by atoms with Gasteiger partial charge >= 0.3 is 0 Å². The van der Waals surface area contributed by atoms with Crippen LogP contribution in [0.5, 0.6) is 0 Å². The molecule has 0 radical (unpaired) electrons. The smallest absolute Gasteiger partial charge is 0.0595 e. The van der Waals surface area contributed by atoms with E-state index in [2.05, 4.69) is 58.4 Å². The molecule has 1 unspecified atom stereocenters. The fraction of sp³-hybridized carbons (Fsp3) is 0.111. The first-order chi connectivity index (χ1) is 10.1. The van der Waals surface area contributed by atoms with Crippen molar-refractivity contribution in [2.75, 3.05) is 0 Å². The van der Waals surface area contributed by atoms with Crippen LogP contribution in [0, 0.1) is 0 Å². The first kappa shape index (κ1) is 14.9. The highest BCUT2D eigenvalue weighted by Gasteiger charge is 2.10. The van der Waals surface area contributed by atoms with E-state index in [1.807, 2.05) is 18.2 Å². The lowest BCUT2D eigenvalue weighted by Crippen LogP contribution is -1.95. The average Bonchev–Trinajstić information content (AvgIpc) is 2.50. The predicted octanol–water partition coefficient (Wildman–Crippen LogP) is 6.83. The summed E-state index contributed by atoms with van der Waals surface area (Å²) in [5, 5.41) is 3.72. The molecule has 3 aromatic rings. The molecule has 0 N–H and O–H groups in total. The molecule has 1 atom stereocenters. The Morgan fingerprint density at radius 1 is 0.810 bits per heavy atom. The van der Waals surface area contributed by atoms with E-state index in [9.17, 15) is 0 Å². The second-order valence-electron chi connectivity index (χ2n) is 5.03. The van der Waals surface area contributed by atoms with Crippen LogP contribution in [0.2, 0.25) is 10.0 Å². The number of rotatable bonds is 3. The predicted molar refractivity (Wildman–Crippen MR) is 95.8 cm³/mol. The summed E-state index contributed by atoms with van der Waals surface area (Å²) in [7, 11) is 0. The maximum atomic E-state index is 6.09. The van der Waals surface area contributed by atoms with Gasteiger partial charge in [-0.1, -0.05) is 87.7 Å². The second kappa shape index (κ2) is 6.39. The van der Waals surface area contributed by atoms with Gasteiger partial charge in [0, 0.05) is 4.83 Å². The Kier molecular flexibility index (Phi) is 4.54. The molecule has 0 fully saturated rings. The van der Waals surface area contributed by atoms with Gasteiger partial charge in [0.15, 0.2) is 0 Å². The third-order valence-corrected chi connectivity index (χ3v) is 5.13. The van der Waals surface area contributed by atoms with Crippen LogP contribution in [-0.2, 0) is 6.42 Å². The summed E-state index contributed by atoms with van der Waals surface area (Å²) in [4.78, 5) is 0.216. The zero-order valence-corrected chi connectivity index (χ0v) is 14.3. The topological polar surface area (TPSA) is 0 Å². The van der Waals surface area contributed by atoms with Crippen molar-refractivity contribution in [3.8, 4) is 0 Å². The third-order valence-electron chi connectivity index (χ3n) is 3.53. The maximum absolute atomic E-state index is 6.09. The molecular weight excluding hydrogens is 367 g/mol. The monoisotopic (exact) mass is 378 g/mol. The van der Waals surface area contributed by atoms with E-state index in [1.54, 1.807) is 0 Å². The summed E-state index contributed by atoms with van der Waals surface area (Å²) in [5.41, 5.74) is 2.43. The summed E-state index contributed by atoms with van der Waals surface area (Å²) in [6, 6.07) is 20.7. The van der Waals surface area contributed by atoms with Crippen molar-refractivity contribution in [2.24, 2.45) is 0 Å². The van der Waals surface area contributed by atoms with Crippen LogP contribution < -0.4 is 0 Å². The maximum Gasteiger partial charge on any atom is 0.0595 e. The number of alkyl halides is 1. The summed E-state index contributed by atoms with van der Waals surface area (Å²) in [6.45, 7) is 0. The van der Waals surface area contributed by atoms with Crippen LogP contribution in [0.25, 0.3) is 10.8 Å². The lowest BCUT2D eigenvalue weighted by atomic mass is 10.0. The highest BCUT2D eigenvalue weighted by Crippen LogP contribution is 2.32. The summed E-state index contributed by atoms with van der Waals surface area (Å²) < 4.78 is 0. The number of benzene rings is 3. The van der Waals surface area contributed by atoms with Gasteiger partial charge in [0.1, 0.15) is 0 Å². The van der Waals surface area contributed by atoms with E-state index in [0.717, 1.165) is 12.0 Å². The van der Waals surface area contributed by atoms with Gasteiger partial charge in [-0.05, 0) is 40.5 Å². The Bertz CT molecular complexity index is 783. The first-order valence-electron chi connectivity index (χ1n) is 6.70. The summed E-state index contributed by atoms with van der Waals surface area (Å²) in [6.07, 6.45) is 0.906. The molecule has 106 valence electrons. The normalized spacial score (nSPS) is 12.5. The fourth-order valence-electron chi connectivity index (χ4n) is 2.40. The van der Waals surface area contributed by atoms with Crippen molar-refractivity contribution < 1.29 is 0 Å². The number of fused-ring (bicyclic) bond motifs is 1. The summed E-state index contributed by atoms with van der Waals surface area (Å²) >= 11 is 15.8. The molecule has 0 heterocycles. The minimum Gasteiger partial charge on any atom is -0.0835 e. The van der Waals surface area contributed by atoms with Gasteiger partial charge in [0.2, 0.25) is 0 Å². The fourth-order valence-corrected chi connectivity index (χ4v) is 3.36. The Labute approximate surface area is 142 Å². The van der Waals surface area contributed by atoms with E-state index in [0.29, 0.717) is 10.0 Å². The second-order valence-corrected chi connectivity index (χ2v) is 6.95. The van der Waals surface area contributed by atoms with Gasteiger partial charge in [0.05, 0.1) is 10.0 Å². The molecule has 0 amide bonds. The lowest BCUT2D eigenvalue weighted by molar-refractivity contribution is 0.951. The van der Waals surface area contributed by atoms with Gasteiger partial charge in [-0.2, -0.15) is 0 Å². The SMILES string of the molecule is Clc1ccc(C(Br)Cc2ccc3ccccc3c2)cc1Cl. The minimum atomic E-state index is 0.216. The Hall–Kier alpha value is -1.02. The van der Waals surface area contributed by atoms with Crippen molar-refractivity contribution in [3.63, 3.8) is 0 Å². The standard InChI is InChI=1S/C18H13BrCl2/c19-16(15-7-8-17(20)18(21)11-15)10-12-5-6-13-3-1-2-4-14(13)9-12/h1-9,11,16H,10H2. The zero-order valence-electron chi connectivity index (χ0n) is 11.2. The van der Waals surface area contributed by atoms with Crippen LogP contribution in [0.3, 0.4) is 0 Å². The third kappa shape index (κ3) is 3.42. The van der Waals surface area contributed by atoms with Crippen molar-refractivity contribution in [3.05, 3.63) is 81.8 Å². The van der Waals surface area contributed by atoms with Crippen molar-refractivity contribution >= 4 is 49.9 Å². The van der Waals surface area contributed by atoms with E-state index in [1.165, 1.54) is 16.3 Å². The molecule has 0 saturated carbocycles. The van der Waals surface area contributed by atoms with Crippen LogP contribution >= 0.6 is 39.1 Å². The molecule has 0 saturated heterocycles. The molecule has 3 aromatic carbocycles. The molecule has 0 bridgehead atoms. The van der Waals surface area contributed by atoms with Gasteiger partial charge in [-0.15, -0.1) is 0 Å². The van der Waals surface area contributed by atoms with E-state index >= 15 is 0 Å². The molecule has 0 aliphatic carbocycles. The molecule has 21 heavy (non-hydrogen) atoms. The van der Waals surface area contributed by atoms with E-state index < -0.39 is 0 Å². The Morgan fingerprint density at radius 2 is 1.57 bits per heavy atom. The Balaban J connectivity index is 1.85. The van der Waals surface area contributed by atoms with Crippen LogP contribution in [-0.4, -0.2) is 0 Å². The number of halogens is 3. The van der Waals surface area contributed by atoms with Crippen molar-refractivity contribution in [1.82, 2.24) is 0 Å². The van der Waals surface area contributed by atoms with Gasteiger partial charge in [-0.3, -0.25) is 0 Å². The van der Waals surface area contributed by atoms with Gasteiger partial charge < -0.3 is 0 Å². The molecule has 0 nitrogen and oxygen atoms in total. The largest absolute Gasteiger partial charge is 0.0835 e. The molecule has 0 aromatic heterocycles. The molecule has 0 spiro atoms. The quantitative estimate of drug-likeness (QED) is 0.437. The lowest BCUT2D eigenvalue weighted by Gasteiger charge is -2.12. The zero-order chi connectivity index (χ0) is 14.8. The van der Waals surface area contributed by atoms with E-state index in [4.69, 9.17) is 23.2 Å². The molecule has 0 aliphatic heterocycles. The van der Waals surface area contributed by atoms with Crippen molar-refractivity contribution in [2.45, 2.75) is 11.2 Å². The highest BCUT2D eigenvalue weighted by molar-refractivity contribution is 9.09. The van der Waals surface area contributed by atoms with Gasteiger partial charge in [0.25, 0.3) is 0 Å². The number of hydrogen-bond acceptors (Lipinski definition) is 0. The average molecular weight is 380 g/mol. The Morgan fingerprint density at radius 3 is 2.33 bits per heavy atom. The van der Waals surface area contributed by atoms with Gasteiger partial charge in [-0.25, -0.2) is 0 Å². The minimum absolute atomic E-state index is 0.216. The first-order valence-corrected chi connectivity index (χ1v) is 8.37. The molecule has 3 rings (SSSR count). The van der Waals surface area contributed by atoms with Crippen LogP contribution in [0.15, 0.2) is 60.7 Å². The van der Waals surface area contributed by atoms with Crippen LogP contribution in [0.1, 0.15) is 16.0 Å².